The Labute approximate surface area is 169 Å². The van der Waals surface area contributed by atoms with E-state index in [0.29, 0.717) is 6.04 Å². The second kappa shape index (κ2) is 9.19. The van der Waals surface area contributed by atoms with Crippen LogP contribution < -0.4 is 10.6 Å². The summed E-state index contributed by atoms with van der Waals surface area (Å²) in [5.41, 5.74) is 2.28. The summed E-state index contributed by atoms with van der Waals surface area (Å²) in [7, 11) is 0. The van der Waals surface area contributed by atoms with Crippen molar-refractivity contribution in [2.45, 2.75) is 24.3 Å². The molecule has 0 spiro atoms. The normalized spacial score (nSPS) is 12.6. The number of thioether (sulfide) groups is 1. The maximum atomic E-state index is 4.34. The van der Waals surface area contributed by atoms with Gasteiger partial charge >= 0.3 is 0 Å². The van der Waals surface area contributed by atoms with Crippen molar-refractivity contribution >= 4 is 33.6 Å². The molecular weight excluding hydrogens is 366 g/mol. The minimum atomic E-state index is 0.418. The molecule has 0 amide bonds. The van der Waals surface area contributed by atoms with Gasteiger partial charge in [-0.1, -0.05) is 6.07 Å². The number of fused-ring (bicyclic) bond motifs is 2. The van der Waals surface area contributed by atoms with Crippen LogP contribution in [-0.4, -0.2) is 40.0 Å². The zero-order chi connectivity index (χ0) is 19.2. The summed E-state index contributed by atoms with van der Waals surface area (Å²) in [4.78, 5) is 13.0. The first-order valence-electron chi connectivity index (χ1n) is 9.61. The zero-order valence-corrected chi connectivity index (χ0v) is 16.8. The summed E-state index contributed by atoms with van der Waals surface area (Å²) < 4.78 is 0. The number of hydrogen-bond acceptors (Lipinski definition) is 5. The van der Waals surface area contributed by atoms with Crippen LogP contribution in [0.15, 0.2) is 66.1 Å². The van der Waals surface area contributed by atoms with Gasteiger partial charge in [0, 0.05) is 58.9 Å². The second-order valence-electron chi connectivity index (χ2n) is 6.95. The first-order chi connectivity index (χ1) is 13.8. The third-order valence-corrected chi connectivity index (χ3v) is 5.74. The largest absolute Gasteiger partial charge is 0.346 e. The molecule has 28 heavy (non-hydrogen) atoms. The molecule has 0 aliphatic rings. The van der Waals surface area contributed by atoms with E-state index in [-0.39, 0.29) is 0 Å². The van der Waals surface area contributed by atoms with Gasteiger partial charge in [0.25, 0.3) is 0 Å². The van der Waals surface area contributed by atoms with E-state index in [1.807, 2.05) is 36.4 Å². The number of nitrogens with one attached hydrogen (secondary N) is 3. The minimum absolute atomic E-state index is 0.418. The summed E-state index contributed by atoms with van der Waals surface area (Å²) in [5, 5.41) is 10.8. The number of H-pyrrole nitrogens is 1. The molecule has 5 nitrogen and oxygen atoms in total. The first kappa shape index (κ1) is 18.9. The van der Waals surface area contributed by atoms with Crippen LogP contribution in [0, 0.1) is 0 Å². The summed E-state index contributed by atoms with van der Waals surface area (Å²) in [6, 6.07) is 13.1. The fraction of sp³-hybridized carbons (Fsp3) is 0.273. The zero-order valence-electron chi connectivity index (χ0n) is 16.0. The van der Waals surface area contributed by atoms with E-state index in [2.05, 4.69) is 69.0 Å². The molecule has 0 bridgehead atoms. The van der Waals surface area contributed by atoms with E-state index in [9.17, 15) is 0 Å². The number of benzene rings is 1. The number of nitrogens with zero attached hydrogens (tertiary/aromatic N) is 2. The average Bonchev–Trinajstić information content (AvgIpc) is 3.14. The molecule has 144 valence electrons. The van der Waals surface area contributed by atoms with Crippen LogP contribution in [0.2, 0.25) is 0 Å². The van der Waals surface area contributed by atoms with Crippen molar-refractivity contribution in [2.75, 3.05) is 19.0 Å². The molecule has 0 aliphatic heterocycles. The summed E-state index contributed by atoms with van der Waals surface area (Å²) in [6.45, 7) is 4.12. The van der Waals surface area contributed by atoms with Crippen LogP contribution in [-0.2, 0) is 6.42 Å². The van der Waals surface area contributed by atoms with E-state index in [1.54, 1.807) is 0 Å². The highest BCUT2D eigenvalue weighted by Crippen LogP contribution is 2.22. The van der Waals surface area contributed by atoms with Crippen molar-refractivity contribution in [3.8, 4) is 0 Å². The van der Waals surface area contributed by atoms with Crippen molar-refractivity contribution in [1.82, 2.24) is 25.6 Å². The number of pyridine rings is 2. The predicted octanol–water partition coefficient (Wildman–Crippen LogP) is 3.97. The number of hydrogen-bond donors (Lipinski definition) is 3. The van der Waals surface area contributed by atoms with E-state index >= 15 is 0 Å². The van der Waals surface area contributed by atoms with Crippen LogP contribution in [0.5, 0.6) is 0 Å². The van der Waals surface area contributed by atoms with Crippen LogP contribution in [0.1, 0.15) is 12.5 Å². The van der Waals surface area contributed by atoms with E-state index < -0.39 is 0 Å². The second-order valence-corrected chi connectivity index (χ2v) is 7.99. The van der Waals surface area contributed by atoms with Gasteiger partial charge in [0.15, 0.2) is 0 Å². The van der Waals surface area contributed by atoms with Gasteiger partial charge in [-0.05, 0) is 61.2 Å². The van der Waals surface area contributed by atoms with Crippen molar-refractivity contribution in [3.05, 3.63) is 66.7 Å². The van der Waals surface area contributed by atoms with E-state index in [4.69, 9.17) is 0 Å². The lowest BCUT2D eigenvalue weighted by molar-refractivity contribution is 0.536. The maximum absolute atomic E-state index is 4.34. The van der Waals surface area contributed by atoms with Gasteiger partial charge in [0.05, 0.1) is 0 Å². The van der Waals surface area contributed by atoms with Crippen molar-refractivity contribution in [2.24, 2.45) is 0 Å². The lowest BCUT2D eigenvalue weighted by Gasteiger charge is -2.14. The quantitative estimate of drug-likeness (QED) is 0.229. The van der Waals surface area contributed by atoms with Gasteiger partial charge in [-0.25, -0.2) is 4.98 Å². The van der Waals surface area contributed by atoms with Crippen molar-refractivity contribution < 1.29 is 0 Å². The average molecular weight is 392 g/mol. The molecule has 1 aromatic carbocycles. The fourth-order valence-electron chi connectivity index (χ4n) is 3.25. The lowest BCUT2D eigenvalue weighted by Crippen LogP contribution is -2.36. The molecule has 6 heteroatoms. The Kier molecular flexibility index (Phi) is 6.21. The molecule has 4 aromatic rings. The predicted molar refractivity (Wildman–Crippen MR) is 118 cm³/mol. The number of aromatic amines is 1. The Morgan fingerprint density at radius 1 is 1.14 bits per heavy atom. The maximum Gasteiger partial charge on any atom is 0.137 e. The number of rotatable bonds is 9. The number of aromatic nitrogens is 3. The lowest BCUT2D eigenvalue weighted by atomic mass is 10.1. The van der Waals surface area contributed by atoms with Gasteiger partial charge in [-0.3, -0.25) is 4.98 Å². The summed E-state index contributed by atoms with van der Waals surface area (Å²) >= 11 is 1.83. The molecule has 0 fully saturated rings. The highest BCUT2D eigenvalue weighted by Gasteiger charge is 2.05. The van der Waals surface area contributed by atoms with Crippen LogP contribution >= 0.6 is 11.8 Å². The highest BCUT2D eigenvalue weighted by molar-refractivity contribution is 7.99. The third kappa shape index (κ3) is 4.70. The molecule has 0 unspecified atom stereocenters. The molecule has 3 aromatic heterocycles. The fourth-order valence-corrected chi connectivity index (χ4v) is 4.16. The minimum Gasteiger partial charge on any atom is -0.346 e. The van der Waals surface area contributed by atoms with Crippen LogP contribution in [0.4, 0.5) is 0 Å². The molecule has 3 N–H and O–H groups in total. The molecule has 0 radical (unpaired) electrons. The molecule has 3 heterocycles. The van der Waals surface area contributed by atoms with Gasteiger partial charge in [0.1, 0.15) is 5.65 Å². The molecule has 0 saturated heterocycles. The first-order valence-corrected chi connectivity index (χ1v) is 10.6. The summed E-state index contributed by atoms with van der Waals surface area (Å²) in [5.74, 6) is 0.896. The molecular formula is C22H25N5S. The highest BCUT2D eigenvalue weighted by atomic mass is 32.2. The SMILES string of the molecule is C[C@H](CNCCc1c[nH]c2ncccc12)NCSc1ccc2cnccc2c1. The topological polar surface area (TPSA) is 65.6 Å². The Hall–Kier alpha value is -2.41. The van der Waals surface area contributed by atoms with Crippen LogP contribution in [0.25, 0.3) is 21.8 Å². The van der Waals surface area contributed by atoms with Crippen molar-refractivity contribution in [1.29, 1.82) is 0 Å². The standard InChI is InChI=1S/C22H25N5S/c1-16(12-23-10-7-19-14-26-22-21(19)3-2-8-25-22)27-15-28-20-5-4-18-13-24-9-6-17(18)11-20/h2-6,8-9,11,13-14,16,23,27H,7,10,12,15H2,1H3,(H,25,26)/t16-/m1/s1. The Balaban J connectivity index is 1.17. The van der Waals surface area contributed by atoms with Gasteiger partial charge in [0.2, 0.25) is 0 Å². The monoisotopic (exact) mass is 391 g/mol. The Morgan fingerprint density at radius 3 is 3.07 bits per heavy atom. The smallest absolute Gasteiger partial charge is 0.137 e. The molecule has 0 aliphatic carbocycles. The van der Waals surface area contributed by atoms with E-state index in [1.165, 1.54) is 26.6 Å². The van der Waals surface area contributed by atoms with Crippen LogP contribution in [0.3, 0.4) is 0 Å². The van der Waals surface area contributed by atoms with Gasteiger partial charge in [-0.2, -0.15) is 0 Å². The molecule has 4 rings (SSSR count). The Morgan fingerprint density at radius 2 is 2.11 bits per heavy atom. The van der Waals surface area contributed by atoms with Gasteiger partial charge in [-0.15, -0.1) is 11.8 Å². The summed E-state index contributed by atoms with van der Waals surface area (Å²) in [6.07, 6.45) is 8.63. The Bertz CT molecular complexity index is 1050. The molecule has 0 saturated carbocycles. The van der Waals surface area contributed by atoms with E-state index in [0.717, 1.165) is 31.0 Å². The van der Waals surface area contributed by atoms with Crippen molar-refractivity contribution in [3.63, 3.8) is 0 Å². The third-order valence-electron chi connectivity index (χ3n) is 4.84. The molecule has 1 atom stereocenters. The van der Waals surface area contributed by atoms with Gasteiger partial charge < -0.3 is 15.6 Å².